The van der Waals surface area contributed by atoms with Gasteiger partial charge in [0.05, 0.1) is 17.2 Å². The van der Waals surface area contributed by atoms with Crippen LogP contribution in [-0.2, 0) is 0 Å². The summed E-state index contributed by atoms with van der Waals surface area (Å²) in [5.74, 6) is -1.96. The number of hydrogen-bond acceptors (Lipinski definition) is 3. The van der Waals surface area contributed by atoms with Crippen molar-refractivity contribution >= 4 is 12.6 Å². The summed E-state index contributed by atoms with van der Waals surface area (Å²) in [6.45, 7) is 0. The van der Waals surface area contributed by atoms with Gasteiger partial charge in [-0.3, -0.25) is 0 Å². The van der Waals surface area contributed by atoms with Crippen LogP contribution in [0.4, 0.5) is 8.78 Å². The number of nitrogens with zero attached hydrogens (tertiary/aromatic N) is 1. The molecule has 0 saturated carbocycles. The van der Waals surface area contributed by atoms with Crippen molar-refractivity contribution < 1.29 is 18.8 Å². The predicted molar refractivity (Wildman–Crippen MR) is 66.3 cm³/mol. The standard InChI is InChI=1S/C13H8BF2NO2/c15-11-6-5-10(14(18)19)13(16)12(11)9-4-2-1-3-8(9)7-17/h1-6,18-19H. The molecule has 3 nitrogen and oxygen atoms in total. The Bertz CT molecular complexity index is 668. The minimum Gasteiger partial charge on any atom is -0.423 e. The first kappa shape index (κ1) is 13.2. The van der Waals surface area contributed by atoms with Crippen molar-refractivity contribution in [2.45, 2.75) is 0 Å². The molecule has 6 heteroatoms. The monoisotopic (exact) mass is 259 g/mol. The number of benzene rings is 2. The average Bonchev–Trinajstić information content (AvgIpc) is 2.39. The van der Waals surface area contributed by atoms with Crippen molar-refractivity contribution in [3.63, 3.8) is 0 Å². The van der Waals surface area contributed by atoms with Crippen LogP contribution in [0.5, 0.6) is 0 Å². The molecule has 0 spiro atoms. The minimum atomic E-state index is -2.05. The summed E-state index contributed by atoms with van der Waals surface area (Å²) >= 11 is 0. The van der Waals surface area contributed by atoms with E-state index in [0.717, 1.165) is 12.1 Å². The van der Waals surface area contributed by atoms with Gasteiger partial charge in [-0.25, -0.2) is 8.78 Å². The normalized spacial score (nSPS) is 10.1. The number of nitriles is 1. The van der Waals surface area contributed by atoms with Gasteiger partial charge in [0.1, 0.15) is 11.6 Å². The zero-order chi connectivity index (χ0) is 14.0. The molecule has 2 aromatic rings. The lowest BCUT2D eigenvalue weighted by Gasteiger charge is -2.10. The summed E-state index contributed by atoms with van der Waals surface area (Å²) < 4.78 is 27.9. The SMILES string of the molecule is N#Cc1ccccc1-c1c(F)ccc(B(O)O)c1F. The van der Waals surface area contributed by atoms with E-state index in [1.54, 1.807) is 6.07 Å². The molecule has 0 atom stereocenters. The van der Waals surface area contributed by atoms with Crippen molar-refractivity contribution in [1.29, 1.82) is 5.26 Å². The number of hydrogen-bond donors (Lipinski definition) is 2. The molecule has 0 fully saturated rings. The van der Waals surface area contributed by atoms with Gasteiger partial charge in [0.2, 0.25) is 0 Å². The van der Waals surface area contributed by atoms with Gasteiger partial charge >= 0.3 is 7.12 Å². The third-order valence-corrected chi connectivity index (χ3v) is 2.72. The van der Waals surface area contributed by atoms with Crippen LogP contribution in [0.25, 0.3) is 11.1 Å². The van der Waals surface area contributed by atoms with E-state index in [9.17, 15) is 8.78 Å². The van der Waals surface area contributed by atoms with Crippen LogP contribution in [0.15, 0.2) is 36.4 Å². The maximum absolute atomic E-state index is 14.1. The van der Waals surface area contributed by atoms with Gasteiger partial charge in [-0.2, -0.15) is 5.26 Å². The lowest BCUT2D eigenvalue weighted by atomic mass is 9.78. The third kappa shape index (κ3) is 2.34. The second-order valence-electron chi connectivity index (χ2n) is 3.86. The van der Waals surface area contributed by atoms with Crippen LogP contribution in [-0.4, -0.2) is 17.2 Å². The highest BCUT2D eigenvalue weighted by Gasteiger charge is 2.23. The van der Waals surface area contributed by atoms with Gasteiger partial charge < -0.3 is 10.0 Å². The molecular weight excluding hydrogens is 251 g/mol. The molecule has 0 aliphatic rings. The summed E-state index contributed by atoms with van der Waals surface area (Å²) in [5.41, 5.74) is -0.709. The van der Waals surface area contributed by atoms with Crippen molar-refractivity contribution in [2.75, 3.05) is 0 Å². The lowest BCUT2D eigenvalue weighted by Crippen LogP contribution is -2.33. The van der Waals surface area contributed by atoms with Crippen LogP contribution < -0.4 is 5.46 Å². The van der Waals surface area contributed by atoms with Crippen molar-refractivity contribution in [3.8, 4) is 17.2 Å². The summed E-state index contributed by atoms with van der Waals surface area (Å²) in [7, 11) is -2.05. The molecule has 2 aromatic carbocycles. The molecule has 0 saturated heterocycles. The smallest absolute Gasteiger partial charge is 0.423 e. The van der Waals surface area contributed by atoms with E-state index >= 15 is 0 Å². The Balaban J connectivity index is 2.76. The third-order valence-electron chi connectivity index (χ3n) is 2.72. The van der Waals surface area contributed by atoms with Crippen molar-refractivity contribution in [3.05, 3.63) is 53.6 Å². The fourth-order valence-electron chi connectivity index (χ4n) is 1.81. The second-order valence-corrected chi connectivity index (χ2v) is 3.86. The molecule has 0 amide bonds. The molecule has 0 radical (unpaired) electrons. The van der Waals surface area contributed by atoms with Gasteiger partial charge in [-0.05, 0) is 12.1 Å². The molecule has 0 bridgehead atoms. The Morgan fingerprint density at radius 3 is 2.37 bits per heavy atom. The molecule has 0 unspecified atom stereocenters. The van der Waals surface area contributed by atoms with E-state index in [4.69, 9.17) is 15.3 Å². The Labute approximate surface area is 108 Å². The molecule has 19 heavy (non-hydrogen) atoms. The fraction of sp³-hybridized carbons (Fsp3) is 0. The first-order chi connectivity index (χ1) is 9.06. The van der Waals surface area contributed by atoms with Crippen LogP contribution >= 0.6 is 0 Å². The molecule has 0 aliphatic heterocycles. The van der Waals surface area contributed by atoms with Crippen LogP contribution in [0.1, 0.15) is 5.56 Å². The van der Waals surface area contributed by atoms with E-state index < -0.39 is 29.8 Å². The highest BCUT2D eigenvalue weighted by Crippen LogP contribution is 2.27. The highest BCUT2D eigenvalue weighted by atomic mass is 19.1. The Hall–Kier alpha value is -2.23. The molecule has 2 N–H and O–H groups in total. The summed E-state index contributed by atoms with van der Waals surface area (Å²) in [4.78, 5) is 0. The van der Waals surface area contributed by atoms with Gasteiger partial charge in [0, 0.05) is 11.0 Å². The molecule has 2 rings (SSSR count). The Kier molecular flexibility index (Phi) is 3.60. The van der Waals surface area contributed by atoms with Gasteiger partial charge in [-0.1, -0.05) is 24.3 Å². The number of halogens is 2. The van der Waals surface area contributed by atoms with Crippen LogP contribution in [0.2, 0.25) is 0 Å². The first-order valence-corrected chi connectivity index (χ1v) is 5.39. The zero-order valence-electron chi connectivity index (χ0n) is 9.64. The molecular formula is C13H8BF2NO2. The van der Waals surface area contributed by atoms with E-state index in [0.29, 0.717) is 0 Å². The van der Waals surface area contributed by atoms with Crippen molar-refractivity contribution in [2.24, 2.45) is 0 Å². The van der Waals surface area contributed by atoms with E-state index in [1.807, 2.05) is 6.07 Å². The summed E-state index contributed by atoms with van der Waals surface area (Å²) in [6.07, 6.45) is 0. The van der Waals surface area contributed by atoms with E-state index in [-0.39, 0.29) is 11.1 Å². The quantitative estimate of drug-likeness (QED) is 0.796. The summed E-state index contributed by atoms with van der Waals surface area (Å²) in [5, 5.41) is 27.0. The van der Waals surface area contributed by atoms with Crippen LogP contribution in [0.3, 0.4) is 0 Å². The highest BCUT2D eigenvalue weighted by molar-refractivity contribution is 6.58. The van der Waals surface area contributed by atoms with Gasteiger partial charge in [-0.15, -0.1) is 0 Å². The lowest BCUT2D eigenvalue weighted by molar-refractivity contribution is 0.423. The fourth-order valence-corrected chi connectivity index (χ4v) is 1.81. The largest absolute Gasteiger partial charge is 0.491 e. The van der Waals surface area contributed by atoms with Crippen LogP contribution in [0, 0.1) is 23.0 Å². The minimum absolute atomic E-state index is 0.0718. The van der Waals surface area contributed by atoms with E-state index in [2.05, 4.69) is 0 Å². The zero-order valence-corrected chi connectivity index (χ0v) is 9.64. The Morgan fingerprint density at radius 2 is 1.74 bits per heavy atom. The maximum Gasteiger partial charge on any atom is 0.491 e. The Morgan fingerprint density at radius 1 is 1.05 bits per heavy atom. The second kappa shape index (κ2) is 5.18. The van der Waals surface area contributed by atoms with Crippen molar-refractivity contribution in [1.82, 2.24) is 0 Å². The van der Waals surface area contributed by atoms with E-state index in [1.165, 1.54) is 18.2 Å². The molecule has 0 heterocycles. The molecule has 94 valence electrons. The first-order valence-electron chi connectivity index (χ1n) is 5.39. The summed E-state index contributed by atoms with van der Waals surface area (Å²) in [6, 6.07) is 9.66. The molecule has 0 aliphatic carbocycles. The molecule has 0 aromatic heterocycles. The predicted octanol–water partition coefficient (Wildman–Crippen LogP) is 1.18. The average molecular weight is 259 g/mol. The van der Waals surface area contributed by atoms with Gasteiger partial charge in [0.25, 0.3) is 0 Å². The number of rotatable bonds is 2. The van der Waals surface area contributed by atoms with Gasteiger partial charge in [0.15, 0.2) is 0 Å². The topological polar surface area (TPSA) is 64.2 Å². The maximum atomic E-state index is 14.1.